The van der Waals surface area contributed by atoms with E-state index in [-0.39, 0.29) is 24.2 Å². The van der Waals surface area contributed by atoms with Gasteiger partial charge in [0.2, 0.25) is 11.8 Å². The molecule has 0 bridgehead atoms. The van der Waals surface area contributed by atoms with Crippen molar-refractivity contribution in [1.82, 2.24) is 15.1 Å². The highest BCUT2D eigenvalue weighted by Gasteiger charge is 2.38. The monoisotopic (exact) mass is 353 g/mol. The van der Waals surface area contributed by atoms with Crippen LogP contribution in [0.5, 0.6) is 0 Å². The molecule has 7 nitrogen and oxygen atoms in total. The fraction of sp³-hybridized carbons (Fsp3) is 0.833. The number of likely N-dealkylation sites (N-methyl/N-ethyl adjacent to an activating group) is 1. The van der Waals surface area contributed by atoms with Gasteiger partial charge in [0.05, 0.1) is 5.92 Å². The van der Waals surface area contributed by atoms with Crippen molar-refractivity contribution < 1.29 is 19.5 Å². The van der Waals surface area contributed by atoms with Crippen molar-refractivity contribution in [2.75, 3.05) is 26.2 Å². The molecule has 25 heavy (non-hydrogen) atoms. The third kappa shape index (κ3) is 5.17. The molecular formula is C18H31N3O4. The maximum Gasteiger partial charge on any atom is 0.326 e. The number of aliphatic carboxylic acids is 1. The lowest BCUT2D eigenvalue weighted by atomic mass is 10.0. The molecule has 2 unspecified atom stereocenters. The SMILES string of the molecule is CCN1CCCC1CN1CC(C(=O)N[C@@H](CC(C)C)C(=O)O)CC1=O. The van der Waals surface area contributed by atoms with E-state index in [1.165, 1.54) is 0 Å². The first-order valence-corrected chi connectivity index (χ1v) is 9.36. The zero-order valence-electron chi connectivity index (χ0n) is 15.5. The van der Waals surface area contributed by atoms with Crippen molar-refractivity contribution in [2.24, 2.45) is 11.8 Å². The first-order valence-electron chi connectivity index (χ1n) is 9.36. The fourth-order valence-corrected chi connectivity index (χ4v) is 3.88. The second-order valence-corrected chi connectivity index (χ2v) is 7.65. The number of nitrogens with zero attached hydrogens (tertiary/aromatic N) is 2. The maximum atomic E-state index is 12.4. The lowest BCUT2D eigenvalue weighted by Crippen LogP contribution is -2.45. The van der Waals surface area contributed by atoms with Crippen molar-refractivity contribution in [3.63, 3.8) is 0 Å². The van der Waals surface area contributed by atoms with Crippen LogP contribution in [0.4, 0.5) is 0 Å². The molecule has 2 fully saturated rings. The molecule has 142 valence electrons. The maximum absolute atomic E-state index is 12.4. The van der Waals surface area contributed by atoms with Gasteiger partial charge in [0, 0.05) is 25.6 Å². The summed E-state index contributed by atoms with van der Waals surface area (Å²) >= 11 is 0. The van der Waals surface area contributed by atoms with Crippen LogP contribution in [0, 0.1) is 11.8 Å². The number of rotatable bonds is 8. The van der Waals surface area contributed by atoms with Gasteiger partial charge in [-0.1, -0.05) is 20.8 Å². The molecule has 0 saturated carbocycles. The van der Waals surface area contributed by atoms with Crippen LogP contribution >= 0.6 is 0 Å². The number of carboxylic acid groups (broad SMARTS) is 1. The van der Waals surface area contributed by atoms with Gasteiger partial charge in [-0.15, -0.1) is 0 Å². The Morgan fingerprint density at radius 2 is 2.08 bits per heavy atom. The quantitative estimate of drug-likeness (QED) is 0.678. The molecule has 0 aromatic heterocycles. The molecule has 2 rings (SSSR count). The van der Waals surface area contributed by atoms with Gasteiger partial charge in [-0.3, -0.25) is 14.5 Å². The Kier molecular flexibility index (Phi) is 6.81. The highest BCUT2D eigenvalue weighted by atomic mass is 16.4. The van der Waals surface area contributed by atoms with Gasteiger partial charge in [-0.25, -0.2) is 4.79 Å². The highest BCUT2D eigenvalue weighted by Crippen LogP contribution is 2.23. The first-order chi connectivity index (χ1) is 11.8. The topological polar surface area (TPSA) is 89.9 Å². The molecule has 2 aliphatic rings. The van der Waals surface area contributed by atoms with E-state index in [0.29, 0.717) is 25.6 Å². The molecule has 0 radical (unpaired) electrons. The molecule has 3 atom stereocenters. The van der Waals surface area contributed by atoms with Gasteiger partial charge in [0.1, 0.15) is 6.04 Å². The number of carbonyl (C=O) groups is 3. The Bertz CT molecular complexity index is 509. The van der Waals surface area contributed by atoms with Crippen LogP contribution in [0.1, 0.15) is 46.5 Å². The summed E-state index contributed by atoms with van der Waals surface area (Å²) in [5.41, 5.74) is 0. The molecule has 7 heteroatoms. The highest BCUT2D eigenvalue weighted by molar-refractivity contribution is 5.91. The van der Waals surface area contributed by atoms with Crippen LogP contribution < -0.4 is 5.32 Å². The summed E-state index contributed by atoms with van der Waals surface area (Å²) < 4.78 is 0. The van der Waals surface area contributed by atoms with Crippen molar-refractivity contribution >= 4 is 17.8 Å². The van der Waals surface area contributed by atoms with E-state index in [0.717, 1.165) is 25.9 Å². The summed E-state index contributed by atoms with van der Waals surface area (Å²) in [7, 11) is 0. The lowest BCUT2D eigenvalue weighted by Gasteiger charge is -2.27. The van der Waals surface area contributed by atoms with Crippen LogP contribution in [-0.4, -0.2) is 71.0 Å². The third-order valence-electron chi connectivity index (χ3n) is 5.24. The second-order valence-electron chi connectivity index (χ2n) is 7.65. The number of hydrogen-bond donors (Lipinski definition) is 2. The molecule has 2 amide bonds. The molecule has 0 aliphatic carbocycles. The summed E-state index contributed by atoms with van der Waals surface area (Å²) in [6.45, 7) is 9.08. The average molecular weight is 353 g/mol. The summed E-state index contributed by atoms with van der Waals surface area (Å²) in [6.07, 6.45) is 2.81. The van der Waals surface area contributed by atoms with Crippen LogP contribution in [-0.2, 0) is 14.4 Å². The van der Waals surface area contributed by atoms with Gasteiger partial charge in [0.15, 0.2) is 0 Å². The Morgan fingerprint density at radius 3 is 2.68 bits per heavy atom. The van der Waals surface area contributed by atoms with Crippen molar-refractivity contribution in [3.05, 3.63) is 0 Å². The van der Waals surface area contributed by atoms with Crippen molar-refractivity contribution in [3.8, 4) is 0 Å². The number of nitrogens with one attached hydrogen (secondary N) is 1. The smallest absolute Gasteiger partial charge is 0.326 e. The van der Waals surface area contributed by atoms with E-state index in [1.54, 1.807) is 4.90 Å². The summed E-state index contributed by atoms with van der Waals surface area (Å²) in [5, 5.41) is 11.9. The summed E-state index contributed by atoms with van der Waals surface area (Å²) in [6, 6.07) is -0.509. The number of carboxylic acids is 1. The zero-order valence-corrected chi connectivity index (χ0v) is 15.5. The number of amides is 2. The lowest BCUT2D eigenvalue weighted by molar-refractivity contribution is -0.142. The van der Waals surface area contributed by atoms with E-state index >= 15 is 0 Å². The summed E-state index contributed by atoms with van der Waals surface area (Å²) in [5.74, 6) is -1.61. The Morgan fingerprint density at radius 1 is 1.36 bits per heavy atom. The molecule has 2 saturated heterocycles. The van der Waals surface area contributed by atoms with Crippen LogP contribution in [0.15, 0.2) is 0 Å². The predicted octanol–water partition coefficient (Wildman–Crippen LogP) is 0.935. The van der Waals surface area contributed by atoms with Gasteiger partial charge < -0.3 is 15.3 Å². The molecule has 2 N–H and O–H groups in total. The van der Waals surface area contributed by atoms with Crippen LogP contribution in [0.3, 0.4) is 0 Å². The van der Waals surface area contributed by atoms with E-state index in [1.807, 2.05) is 13.8 Å². The van der Waals surface area contributed by atoms with Crippen molar-refractivity contribution in [2.45, 2.75) is 58.5 Å². The molecule has 2 aliphatic heterocycles. The molecule has 2 heterocycles. The third-order valence-corrected chi connectivity index (χ3v) is 5.24. The Balaban J connectivity index is 1.90. The zero-order chi connectivity index (χ0) is 18.6. The minimum atomic E-state index is -1.02. The number of likely N-dealkylation sites (tertiary alicyclic amines) is 2. The van der Waals surface area contributed by atoms with Gasteiger partial charge in [-0.05, 0) is 38.3 Å². The average Bonchev–Trinajstić information content (AvgIpc) is 3.13. The van der Waals surface area contributed by atoms with Crippen molar-refractivity contribution in [1.29, 1.82) is 0 Å². The minimum absolute atomic E-state index is 0.00108. The van der Waals surface area contributed by atoms with Gasteiger partial charge >= 0.3 is 5.97 Å². The minimum Gasteiger partial charge on any atom is -0.480 e. The Hall–Kier alpha value is -1.63. The molecule has 0 spiro atoms. The molecule has 0 aromatic carbocycles. The van der Waals surface area contributed by atoms with Gasteiger partial charge in [0.25, 0.3) is 0 Å². The van der Waals surface area contributed by atoms with Crippen LogP contribution in [0.2, 0.25) is 0 Å². The van der Waals surface area contributed by atoms with Gasteiger partial charge in [-0.2, -0.15) is 0 Å². The fourth-order valence-electron chi connectivity index (χ4n) is 3.88. The standard InChI is InChI=1S/C18H31N3O4/c1-4-20-7-5-6-14(20)11-21-10-13(9-16(21)22)17(23)19-15(18(24)25)8-12(2)3/h12-15H,4-11H2,1-3H3,(H,19,23)(H,24,25)/t13?,14?,15-/m0/s1. The first kappa shape index (κ1) is 19.7. The van der Waals surface area contributed by atoms with E-state index in [4.69, 9.17) is 0 Å². The number of hydrogen-bond acceptors (Lipinski definition) is 4. The number of carbonyl (C=O) groups excluding carboxylic acids is 2. The van der Waals surface area contributed by atoms with E-state index < -0.39 is 17.9 Å². The van der Waals surface area contributed by atoms with Crippen LogP contribution in [0.25, 0.3) is 0 Å². The second kappa shape index (κ2) is 8.65. The van der Waals surface area contributed by atoms with E-state index in [9.17, 15) is 19.5 Å². The largest absolute Gasteiger partial charge is 0.480 e. The molecule has 0 aromatic rings. The summed E-state index contributed by atoms with van der Waals surface area (Å²) in [4.78, 5) is 40.2. The Labute approximate surface area is 149 Å². The van der Waals surface area contributed by atoms with E-state index in [2.05, 4.69) is 17.1 Å². The molecular weight excluding hydrogens is 322 g/mol. The normalized spacial score (nSPS) is 25.6. The predicted molar refractivity (Wildman–Crippen MR) is 94.0 cm³/mol.